The molecule has 31 heavy (non-hydrogen) atoms. The van der Waals surface area contributed by atoms with E-state index < -0.39 is 67.4 Å². The van der Waals surface area contributed by atoms with Crippen molar-refractivity contribution in [3.05, 3.63) is 35.9 Å². The van der Waals surface area contributed by atoms with Crippen molar-refractivity contribution in [3.63, 3.8) is 0 Å². The minimum atomic E-state index is -1.45. The summed E-state index contributed by atoms with van der Waals surface area (Å²) < 4.78 is 0. The average molecular weight is 438 g/mol. The number of nitrogens with two attached hydrogens (primary N) is 1. The van der Waals surface area contributed by atoms with Gasteiger partial charge in [-0.15, -0.1) is 0 Å². The lowest BCUT2D eigenvalue weighted by molar-refractivity contribution is -0.140. The Hall–Kier alpha value is -3.51. The summed E-state index contributed by atoms with van der Waals surface area (Å²) in [5, 5.41) is 33.5. The molecule has 0 bridgehead atoms. The van der Waals surface area contributed by atoms with Crippen molar-refractivity contribution >= 4 is 29.7 Å². The van der Waals surface area contributed by atoms with Gasteiger partial charge < -0.3 is 37.0 Å². The van der Waals surface area contributed by atoms with Crippen LogP contribution in [-0.4, -0.2) is 76.3 Å². The molecule has 0 aliphatic rings. The number of amides is 3. The first-order valence-corrected chi connectivity index (χ1v) is 9.36. The van der Waals surface area contributed by atoms with Gasteiger partial charge in [0.2, 0.25) is 17.7 Å². The molecule has 1 rings (SSSR count). The van der Waals surface area contributed by atoms with Crippen LogP contribution in [0.5, 0.6) is 0 Å². The van der Waals surface area contributed by atoms with Gasteiger partial charge in [0.15, 0.2) is 0 Å². The Morgan fingerprint density at radius 3 is 2.03 bits per heavy atom. The van der Waals surface area contributed by atoms with Crippen LogP contribution in [0.25, 0.3) is 0 Å². The lowest BCUT2D eigenvalue weighted by Crippen LogP contribution is -2.57. The molecule has 0 heterocycles. The van der Waals surface area contributed by atoms with E-state index in [9.17, 15) is 29.1 Å². The molecule has 0 spiro atoms. The maximum absolute atomic E-state index is 12.4. The number of nitrogens with one attached hydrogen (secondary N) is 3. The third-order valence-corrected chi connectivity index (χ3v) is 4.14. The average Bonchev–Trinajstić information content (AvgIpc) is 2.73. The molecule has 1 aromatic carbocycles. The van der Waals surface area contributed by atoms with Crippen LogP contribution in [0.2, 0.25) is 0 Å². The first kappa shape index (κ1) is 25.5. The van der Waals surface area contributed by atoms with E-state index in [0.717, 1.165) is 5.56 Å². The maximum atomic E-state index is 12.4. The van der Waals surface area contributed by atoms with Gasteiger partial charge in [-0.2, -0.15) is 0 Å². The van der Waals surface area contributed by atoms with Crippen LogP contribution in [0.15, 0.2) is 30.3 Å². The Kier molecular flexibility index (Phi) is 10.6. The van der Waals surface area contributed by atoms with E-state index in [1.54, 1.807) is 30.3 Å². The van der Waals surface area contributed by atoms with Crippen LogP contribution >= 0.6 is 0 Å². The van der Waals surface area contributed by atoms with Gasteiger partial charge in [-0.1, -0.05) is 30.3 Å². The zero-order valence-electron chi connectivity index (χ0n) is 16.6. The van der Waals surface area contributed by atoms with Gasteiger partial charge in [-0.25, -0.2) is 0 Å². The third-order valence-electron chi connectivity index (χ3n) is 4.14. The monoisotopic (exact) mass is 438 g/mol. The fraction of sp³-hybridized carbons (Fsp3) is 0.421. The molecule has 12 heteroatoms. The highest BCUT2D eigenvalue weighted by Gasteiger charge is 2.28. The number of benzene rings is 1. The lowest BCUT2D eigenvalue weighted by Gasteiger charge is -2.22. The zero-order valence-corrected chi connectivity index (χ0v) is 16.6. The number of aliphatic carboxylic acids is 2. The molecule has 0 aliphatic carbocycles. The Bertz CT molecular complexity index is 786. The third kappa shape index (κ3) is 9.69. The molecule has 0 saturated carbocycles. The molecule has 0 radical (unpaired) electrons. The number of hydrogen-bond acceptors (Lipinski definition) is 7. The molecule has 1 aromatic rings. The van der Waals surface area contributed by atoms with Gasteiger partial charge in [0.1, 0.15) is 18.6 Å². The van der Waals surface area contributed by atoms with E-state index in [2.05, 4.69) is 10.6 Å². The Labute approximate surface area is 177 Å². The van der Waals surface area contributed by atoms with E-state index in [-0.39, 0.29) is 12.8 Å². The van der Waals surface area contributed by atoms with Crippen molar-refractivity contribution in [1.82, 2.24) is 16.0 Å². The van der Waals surface area contributed by atoms with Crippen molar-refractivity contribution in [1.29, 1.82) is 0 Å². The van der Waals surface area contributed by atoms with Crippen molar-refractivity contribution < 1.29 is 39.3 Å². The second-order valence-corrected chi connectivity index (χ2v) is 6.65. The zero-order chi connectivity index (χ0) is 23.4. The summed E-state index contributed by atoms with van der Waals surface area (Å²) in [6.07, 6.45) is -0.624. The number of rotatable bonds is 13. The second-order valence-electron chi connectivity index (χ2n) is 6.65. The second kappa shape index (κ2) is 12.9. The molecule has 8 N–H and O–H groups in total. The van der Waals surface area contributed by atoms with Gasteiger partial charge in [-0.3, -0.25) is 24.0 Å². The largest absolute Gasteiger partial charge is 0.481 e. The van der Waals surface area contributed by atoms with E-state index in [1.165, 1.54) is 0 Å². The first-order chi connectivity index (χ1) is 14.6. The topological polar surface area (TPSA) is 208 Å². The Morgan fingerprint density at radius 1 is 0.871 bits per heavy atom. The highest BCUT2D eigenvalue weighted by atomic mass is 16.4. The quantitative estimate of drug-likeness (QED) is 0.175. The van der Waals surface area contributed by atoms with Crippen molar-refractivity contribution in [2.24, 2.45) is 5.73 Å². The summed E-state index contributed by atoms with van der Waals surface area (Å²) >= 11 is 0. The van der Waals surface area contributed by atoms with E-state index in [1.807, 2.05) is 5.32 Å². The van der Waals surface area contributed by atoms with Crippen molar-refractivity contribution in [2.75, 3.05) is 13.2 Å². The van der Waals surface area contributed by atoms with E-state index in [4.69, 9.17) is 15.9 Å². The number of carbonyl (C=O) groups excluding carboxylic acids is 3. The van der Waals surface area contributed by atoms with Crippen LogP contribution in [0.3, 0.4) is 0 Å². The minimum Gasteiger partial charge on any atom is -0.481 e. The van der Waals surface area contributed by atoms with Gasteiger partial charge in [0, 0.05) is 6.42 Å². The van der Waals surface area contributed by atoms with E-state index in [0.29, 0.717) is 0 Å². The molecule has 3 amide bonds. The summed E-state index contributed by atoms with van der Waals surface area (Å²) in [5.41, 5.74) is 6.63. The molecule has 12 nitrogen and oxygen atoms in total. The summed E-state index contributed by atoms with van der Waals surface area (Å²) in [6.45, 7) is -1.54. The van der Waals surface area contributed by atoms with Crippen molar-refractivity contribution in [3.8, 4) is 0 Å². The van der Waals surface area contributed by atoms with Crippen LogP contribution in [0.1, 0.15) is 18.4 Å². The fourth-order valence-electron chi connectivity index (χ4n) is 2.53. The van der Waals surface area contributed by atoms with E-state index >= 15 is 0 Å². The standard InChI is InChI=1S/C19H26N4O8/c20-12(8-11-4-2-1-3-5-11)17(29)23-14(10-24)19(31)22-13(6-7-15(25)26)18(30)21-9-16(27)28/h1-5,12-14,24H,6-10,20H2,(H,21,30)(H,22,31)(H,23,29)(H,25,26)(H,27,28). The maximum Gasteiger partial charge on any atom is 0.322 e. The number of hydrogen-bond donors (Lipinski definition) is 7. The lowest BCUT2D eigenvalue weighted by atomic mass is 10.1. The summed E-state index contributed by atoms with van der Waals surface area (Å²) in [6, 6.07) is 5.05. The number of carboxylic acid groups (broad SMARTS) is 2. The predicted octanol–water partition coefficient (Wildman–Crippen LogP) is -2.42. The summed E-state index contributed by atoms with van der Waals surface area (Å²) in [7, 11) is 0. The van der Waals surface area contributed by atoms with Gasteiger partial charge in [0.05, 0.1) is 12.6 Å². The molecule has 0 fully saturated rings. The highest BCUT2D eigenvalue weighted by molar-refractivity contribution is 5.94. The van der Waals surface area contributed by atoms with Crippen LogP contribution < -0.4 is 21.7 Å². The molecule has 170 valence electrons. The normalized spacial score (nSPS) is 13.4. The minimum absolute atomic E-state index is 0.186. The van der Waals surface area contributed by atoms with Gasteiger partial charge in [0.25, 0.3) is 0 Å². The van der Waals surface area contributed by atoms with Gasteiger partial charge in [-0.05, 0) is 18.4 Å². The smallest absolute Gasteiger partial charge is 0.322 e. The number of carbonyl (C=O) groups is 5. The molecule has 0 aliphatic heterocycles. The van der Waals surface area contributed by atoms with Crippen LogP contribution in [0.4, 0.5) is 0 Å². The predicted molar refractivity (Wildman–Crippen MR) is 107 cm³/mol. The molecule has 3 atom stereocenters. The molecule has 3 unspecified atom stereocenters. The van der Waals surface area contributed by atoms with Crippen LogP contribution in [0, 0.1) is 0 Å². The number of aliphatic hydroxyl groups is 1. The molecule has 0 aromatic heterocycles. The number of aliphatic hydroxyl groups excluding tert-OH is 1. The molecular formula is C19H26N4O8. The molecule has 0 saturated heterocycles. The Morgan fingerprint density at radius 2 is 1.48 bits per heavy atom. The number of carboxylic acids is 2. The van der Waals surface area contributed by atoms with Crippen LogP contribution in [-0.2, 0) is 30.4 Å². The fourth-order valence-corrected chi connectivity index (χ4v) is 2.53. The summed E-state index contributed by atoms with van der Waals surface area (Å²) in [4.78, 5) is 58.2. The van der Waals surface area contributed by atoms with Crippen molar-refractivity contribution in [2.45, 2.75) is 37.4 Å². The summed E-state index contributed by atoms with van der Waals surface area (Å²) in [5.74, 6) is -5.14. The first-order valence-electron chi connectivity index (χ1n) is 9.36. The highest BCUT2D eigenvalue weighted by Crippen LogP contribution is 2.03. The SMILES string of the molecule is NC(Cc1ccccc1)C(=O)NC(CO)C(=O)NC(CCC(=O)O)C(=O)NCC(=O)O. The Balaban J connectivity index is 2.74. The van der Waals surface area contributed by atoms with Gasteiger partial charge >= 0.3 is 11.9 Å². The molecular weight excluding hydrogens is 412 g/mol.